The van der Waals surface area contributed by atoms with Crippen LogP contribution in [0.1, 0.15) is 11.1 Å². The Balaban J connectivity index is 2.26. The molecule has 2 rings (SSSR count). The van der Waals surface area contributed by atoms with Crippen LogP contribution in [0.25, 0.3) is 0 Å². The first-order valence-electron chi connectivity index (χ1n) is 5.36. The molecule has 5 heteroatoms. The summed E-state index contributed by atoms with van der Waals surface area (Å²) in [7, 11) is 0. The predicted molar refractivity (Wildman–Crippen MR) is 72.2 cm³/mol. The van der Waals surface area contributed by atoms with Gasteiger partial charge in [-0.2, -0.15) is 5.26 Å². The molecule has 0 aliphatic heterocycles. The third-order valence-corrected chi connectivity index (χ3v) is 3.04. The summed E-state index contributed by atoms with van der Waals surface area (Å²) in [5.41, 5.74) is 0.834. The fraction of sp³-hybridized carbons (Fsp3) is 0.0714. The maximum atomic E-state index is 13.4. The third kappa shape index (κ3) is 3.17. The lowest BCUT2D eigenvalue weighted by Crippen LogP contribution is -1.89. The molecule has 2 nitrogen and oxygen atoms in total. The summed E-state index contributed by atoms with van der Waals surface area (Å²) in [5, 5.41) is 9.03. The fourth-order valence-electron chi connectivity index (χ4n) is 1.49. The van der Waals surface area contributed by atoms with Crippen LogP contribution in [0, 0.1) is 17.1 Å². The molecule has 0 spiro atoms. The highest BCUT2D eigenvalue weighted by Gasteiger charge is 2.07. The molecule has 0 fully saturated rings. The van der Waals surface area contributed by atoms with Gasteiger partial charge in [-0.25, -0.2) is 4.39 Å². The lowest BCUT2D eigenvalue weighted by atomic mass is 10.2. The normalized spacial score (nSPS) is 10.0. The molecule has 0 saturated carbocycles. The largest absolute Gasteiger partial charge is 0.456 e. The molecule has 2 aromatic rings. The topological polar surface area (TPSA) is 33.0 Å². The molecule has 0 heterocycles. The first-order valence-corrected chi connectivity index (χ1v) is 6.27. The van der Waals surface area contributed by atoms with Crippen LogP contribution in [0.3, 0.4) is 0 Å². The van der Waals surface area contributed by atoms with Crippen molar-refractivity contribution in [2.24, 2.45) is 0 Å². The number of hydrogen-bond acceptors (Lipinski definition) is 2. The summed E-state index contributed by atoms with van der Waals surface area (Å²) in [5.74, 6) is 0.399. The SMILES string of the molecule is N#Cc1ccc(Oc2ccc(CCl)cc2Cl)cc1F. The van der Waals surface area contributed by atoms with Gasteiger partial charge in [-0.15, -0.1) is 11.6 Å². The van der Waals surface area contributed by atoms with E-state index in [9.17, 15) is 4.39 Å². The van der Waals surface area contributed by atoms with Crippen LogP contribution in [0.15, 0.2) is 36.4 Å². The molecule has 19 heavy (non-hydrogen) atoms. The summed E-state index contributed by atoms with van der Waals surface area (Å²) >= 11 is 11.7. The summed E-state index contributed by atoms with van der Waals surface area (Å²) < 4.78 is 18.9. The minimum absolute atomic E-state index is 0.0315. The second-order valence-electron chi connectivity index (χ2n) is 3.75. The Morgan fingerprint density at radius 3 is 2.58 bits per heavy atom. The summed E-state index contributed by atoms with van der Waals surface area (Å²) in [4.78, 5) is 0. The molecule has 0 bridgehead atoms. The molecule has 0 aromatic heterocycles. The van der Waals surface area contributed by atoms with E-state index in [0.29, 0.717) is 16.7 Å². The van der Waals surface area contributed by atoms with E-state index >= 15 is 0 Å². The van der Waals surface area contributed by atoms with Gasteiger partial charge in [0, 0.05) is 11.9 Å². The van der Waals surface area contributed by atoms with Crippen LogP contribution >= 0.6 is 23.2 Å². The van der Waals surface area contributed by atoms with Crippen molar-refractivity contribution in [3.05, 3.63) is 58.4 Å². The van der Waals surface area contributed by atoms with Crippen molar-refractivity contribution >= 4 is 23.2 Å². The quantitative estimate of drug-likeness (QED) is 0.756. The fourth-order valence-corrected chi connectivity index (χ4v) is 1.90. The number of hydrogen-bond donors (Lipinski definition) is 0. The van der Waals surface area contributed by atoms with E-state index in [-0.39, 0.29) is 11.3 Å². The number of benzene rings is 2. The summed E-state index contributed by atoms with van der Waals surface area (Å²) in [6.07, 6.45) is 0. The van der Waals surface area contributed by atoms with Crippen LogP contribution in [-0.2, 0) is 5.88 Å². The second-order valence-corrected chi connectivity index (χ2v) is 4.43. The Morgan fingerprint density at radius 1 is 1.21 bits per heavy atom. The van der Waals surface area contributed by atoms with E-state index in [4.69, 9.17) is 33.2 Å². The molecule has 0 atom stereocenters. The van der Waals surface area contributed by atoms with Gasteiger partial charge in [0.05, 0.1) is 10.6 Å². The highest BCUT2D eigenvalue weighted by molar-refractivity contribution is 6.32. The van der Waals surface area contributed by atoms with Crippen LogP contribution in [0.4, 0.5) is 4.39 Å². The summed E-state index contributed by atoms with van der Waals surface area (Å²) in [6.45, 7) is 0. The van der Waals surface area contributed by atoms with Gasteiger partial charge in [-0.05, 0) is 29.8 Å². The lowest BCUT2D eigenvalue weighted by Gasteiger charge is -2.08. The van der Waals surface area contributed by atoms with Crippen molar-refractivity contribution in [2.45, 2.75) is 5.88 Å². The van der Waals surface area contributed by atoms with Crippen molar-refractivity contribution in [1.29, 1.82) is 5.26 Å². The van der Waals surface area contributed by atoms with Gasteiger partial charge >= 0.3 is 0 Å². The van der Waals surface area contributed by atoms with Crippen LogP contribution in [0.5, 0.6) is 11.5 Å². The van der Waals surface area contributed by atoms with Crippen molar-refractivity contribution < 1.29 is 9.13 Å². The maximum Gasteiger partial charge on any atom is 0.146 e. The minimum atomic E-state index is -0.631. The highest BCUT2D eigenvalue weighted by atomic mass is 35.5. The molecule has 2 aromatic carbocycles. The average Bonchev–Trinajstić information content (AvgIpc) is 2.41. The molecular formula is C14H8Cl2FNO. The maximum absolute atomic E-state index is 13.4. The predicted octanol–water partition coefficient (Wildman–Crippen LogP) is 4.88. The molecule has 0 unspecified atom stereocenters. The van der Waals surface area contributed by atoms with E-state index in [2.05, 4.69) is 0 Å². The van der Waals surface area contributed by atoms with Gasteiger partial charge < -0.3 is 4.74 Å². The first kappa shape index (κ1) is 13.7. The van der Waals surface area contributed by atoms with E-state index in [1.165, 1.54) is 12.1 Å². The van der Waals surface area contributed by atoms with E-state index < -0.39 is 5.82 Å². The van der Waals surface area contributed by atoms with Crippen molar-refractivity contribution in [1.82, 2.24) is 0 Å². The number of nitrogens with zero attached hydrogens (tertiary/aromatic N) is 1. The Hall–Kier alpha value is -1.76. The number of alkyl halides is 1. The molecule has 0 aliphatic carbocycles. The van der Waals surface area contributed by atoms with Crippen LogP contribution in [0.2, 0.25) is 5.02 Å². The Bertz CT molecular complexity index is 652. The number of rotatable bonds is 3. The van der Waals surface area contributed by atoms with Crippen LogP contribution in [-0.4, -0.2) is 0 Å². The third-order valence-electron chi connectivity index (χ3n) is 2.44. The second kappa shape index (κ2) is 5.92. The number of halogens is 3. The first-order chi connectivity index (χ1) is 9.13. The number of nitriles is 1. The van der Waals surface area contributed by atoms with Crippen LogP contribution < -0.4 is 4.74 Å². The highest BCUT2D eigenvalue weighted by Crippen LogP contribution is 2.31. The van der Waals surface area contributed by atoms with Crippen molar-refractivity contribution in [2.75, 3.05) is 0 Å². The Kier molecular flexibility index (Phi) is 4.26. The smallest absolute Gasteiger partial charge is 0.146 e. The van der Waals surface area contributed by atoms with Crippen molar-refractivity contribution in [3.8, 4) is 17.6 Å². The molecular weight excluding hydrogens is 288 g/mol. The van der Waals surface area contributed by atoms with Gasteiger partial charge in [0.25, 0.3) is 0 Å². The monoisotopic (exact) mass is 295 g/mol. The minimum Gasteiger partial charge on any atom is -0.456 e. The Labute approximate surface area is 119 Å². The molecule has 96 valence electrons. The molecule has 0 N–H and O–H groups in total. The van der Waals surface area contributed by atoms with Crippen molar-refractivity contribution in [3.63, 3.8) is 0 Å². The standard InChI is InChI=1S/C14H8Cl2FNO/c15-7-9-1-4-14(12(16)5-9)19-11-3-2-10(8-18)13(17)6-11/h1-6H,7H2. The molecule has 0 radical (unpaired) electrons. The van der Waals surface area contributed by atoms with E-state index in [1.807, 2.05) is 0 Å². The summed E-state index contributed by atoms with van der Waals surface area (Å²) in [6, 6.07) is 10.9. The molecule has 0 saturated heterocycles. The van der Waals surface area contributed by atoms with Gasteiger partial charge in [0.15, 0.2) is 0 Å². The lowest BCUT2D eigenvalue weighted by molar-refractivity contribution is 0.476. The van der Waals surface area contributed by atoms with Gasteiger partial charge in [0.1, 0.15) is 23.4 Å². The Morgan fingerprint density at radius 2 is 2.00 bits per heavy atom. The average molecular weight is 296 g/mol. The molecule has 0 amide bonds. The van der Waals surface area contributed by atoms with Gasteiger partial charge in [0.2, 0.25) is 0 Å². The molecule has 0 aliphatic rings. The zero-order valence-corrected chi connectivity index (χ0v) is 11.2. The zero-order valence-electron chi connectivity index (χ0n) is 9.66. The zero-order chi connectivity index (χ0) is 13.8. The van der Waals surface area contributed by atoms with Gasteiger partial charge in [-0.3, -0.25) is 0 Å². The van der Waals surface area contributed by atoms with E-state index in [0.717, 1.165) is 11.6 Å². The van der Waals surface area contributed by atoms with E-state index in [1.54, 1.807) is 24.3 Å². The van der Waals surface area contributed by atoms with Gasteiger partial charge in [-0.1, -0.05) is 17.7 Å². The number of ether oxygens (including phenoxy) is 1.